The molecule has 1 fully saturated rings. The zero-order chi connectivity index (χ0) is 18.6. The highest BCUT2D eigenvalue weighted by atomic mass is 16.5. The number of benzene rings is 2. The van der Waals surface area contributed by atoms with Crippen LogP contribution in [0.2, 0.25) is 0 Å². The van der Waals surface area contributed by atoms with Crippen LogP contribution in [0.15, 0.2) is 48.5 Å². The topological polar surface area (TPSA) is 49.9 Å². The molecule has 0 unspecified atom stereocenters. The lowest BCUT2D eigenvalue weighted by molar-refractivity contribution is -0.120. The Balaban J connectivity index is 1.36. The number of carbonyl (C=O) groups excluding carboxylic acids is 2. The first-order valence-electron chi connectivity index (χ1n) is 9.63. The van der Waals surface area contributed by atoms with Gasteiger partial charge in [-0.15, -0.1) is 0 Å². The van der Waals surface area contributed by atoms with Crippen molar-refractivity contribution in [2.24, 2.45) is 0 Å². The normalized spacial score (nSPS) is 16.1. The molecule has 0 saturated carbocycles. The van der Waals surface area contributed by atoms with E-state index in [-0.39, 0.29) is 18.4 Å². The summed E-state index contributed by atoms with van der Waals surface area (Å²) in [6.07, 6.45) is 4.13. The molecule has 2 amide bonds. The molecule has 2 aliphatic heterocycles. The first kappa shape index (κ1) is 17.6. The van der Waals surface area contributed by atoms with E-state index < -0.39 is 0 Å². The lowest BCUT2D eigenvalue weighted by Gasteiger charge is -2.29. The van der Waals surface area contributed by atoms with Gasteiger partial charge in [0.2, 0.25) is 0 Å². The number of para-hydroxylation sites is 1. The first-order valence-corrected chi connectivity index (χ1v) is 9.63. The zero-order valence-electron chi connectivity index (χ0n) is 15.4. The molecule has 0 atom stereocenters. The van der Waals surface area contributed by atoms with Crippen LogP contribution in [-0.2, 0) is 11.2 Å². The van der Waals surface area contributed by atoms with Crippen LogP contribution in [0.5, 0.6) is 5.75 Å². The molecule has 140 valence electrons. The lowest BCUT2D eigenvalue weighted by Crippen LogP contribution is -2.38. The fourth-order valence-electron chi connectivity index (χ4n) is 3.81. The van der Waals surface area contributed by atoms with Crippen molar-refractivity contribution in [1.82, 2.24) is 4.90 Å². The molecule has 0 radical (unpaired) electrons. The fourth-order valence-corrected chi connectivity index (χ4v) is 3.81. The van der Waals surface area contributed by atoms with Gasteiger partial charge in [-0.25, -0.2) is 0 Å². The number of carbonyl (C=O) groups is 2. The average Bonchev–Trinajstić information content (AvgIpc) is 3.26. The molecule has 2 aromatic carbocycles. The van der Waals surface area contributed by atoms with Gasteiger partial charge in [-0.1, -0.05) is 18.2 Å². The second-order valence-electron chi connectivity index (χ2n) is 7.09. The second kappa shape index (κ2) is 7.82. The van der Waals surface area contributed by atoms with Gasteiger partial charge in [-0.3, -0.25) is 9.59 Å². The summed E-state index contributed by atoms with van der Waals surface area (Å²) in [5.41, 5.74) is 2.87. The molecule has 4 rings (SSSR count). The highest BCUT2D eigenvalue weighted by Crippen LogP contribution is 2.27. The predicted molar refractivity (Wildman–Crippen MR) is 104 cm³/mol. The number of amides is 2. The Bertz CT molecular complexity index is 826. The van der Waals surface area contributed by atoms with Crippen LogP contribution in [0.4, 0.5) is 5.69 Å². The standard InChI is InChI=1S/C22H24N2O3/c25-21(24-15-5-7-17-6-1-2-8-20(17)24)16-27-19-11-9-18(10-12-19)22(26)23-13-3-4-14-23/h1-2,6,8-12H,3-5,7,13-16H2. The van der Waals surface area contributed by atoms with E-state index in [1.807, 2.05) is 28.0 Å². The van der Waals surface area contributed by atoms with Crippen LogP contribution in [0, 0.1) is 0 Å². The van der Waals surface area contributed by atoms with Crippen LogP contribution < -0.4 is 9.64 Å². The number of rotatable bonds is 4. The summed E-state index contributed by atoms with van der Waals surface area (Å²) in [7, 11) is 0. The van der Waals surface area contributed by atoms with Gasteiger partial charge in [-0.2, -0.15) is 0 Å². The van der Waals surface area contributed by atoms with Crippen molar-refractivity contribution >= 4 is 17.5 Å². The first-order chi connectivity index (χ1) is 13.2. The summed E-state index contributed by atoms with van der Waals surface area (Å²) < 4.78 is 5.68. The van der Waals surface area contributed by atoms with Gasteiger partial charge in [-0.05, 0) is 61.6 Å². The highest BCUT2D eigenvalue weighted by Gasteiger charge is 2.23. The van der Waals surface area contributed by atoms with Crippen LogP contribution in [-0.4, -0.2) is 43.0 Å². The molecule has 1 saturated heterocycles. The minimum atomic E-state index is -0.0423. The summed E-state index contributed by atoms with van der Waals surface area (Å²) in [5.74, 6) is 0.631. The Morgan fingerprint density at radius 1 is 0.889 bits per heavy atom. The van der Waals surface area contributed by atoms with E-state index in [1.54, 1.807) is 24.3 Å². The molecule has 2 aliphatic rings. The third kappa shape index (κ3) is 3.82. The molecule has 0 aliphatic carbocycles. The maximum atomic E-state index is 12.6. The SMILES string of the molecule is O=C(c1ccc(OCC(=O)N2CCCc3ccccc32)cc1)N1CCCC1. The molecule has 0 aromatic heterocycles. The van der Waals surface area contributed by atoms with Crippen molar-refractivity contribution < 1.29 is 14.3 Å². The van der Waals surface area contributed by atoms with Crippen LogP contribution in [0.3, 0.4) is 0 Å². The number of anilines is 1. The number of ether oxygens (including phenoxy) is 1. The van der Waals surface area contributed by atoms with Crippen molar-refractivity contribution in [3.8, 4) is 5.75 Å². The second-order valence-corrected chi connectivity index (χ2v) is 7.09. The van der Waals surface area contributed by atoms with E-state index in [1.165, 1.54) is 5.56 Å². The Morgan fingerprint density at radius 2 is 1.63 bits per heavy atom. The summed E-state index contributed by atoms with van der Waals surface area (Å²) >= 11 is 0. The molecule has 2 aromatic rings. The Labute approximate surface area is 159 Å². The molecule has 2 heterocycles. The van der Waals surface area contributed by atoms with Gasteiger partial charge >= 0.3 is 0 Å². The van der Waals surface area contributed by atoms with Crippen LogP contribution >= 0.6 is 0 Å². The van der Waals surface area contributed by atoms with Gasteiger partial charge in [0, 0.05) is 30.9 Å². The Morgan fingerprint density at radius 3 is 2.41 bits per heavy atom. The quantitative estimate of drug-likeness (QED) is 0.837. The number of nitrogens with zero attached hydrogens (tertiary/aromatic N) is 2. The van der Waals surface area contributed by atoms with Crippen LogP contribution in [0.1, 0.15) is 35.2 Å². The number of hydrogen-bond donors (Lipinski definition) is 0. The summed E-state index contributed by atoms with van der Waals surface area (Å²) in [4.78, 5) is 28.7. The van der Waals surface area contributed by atoms with Gasteiger partial charge in [0.05, 0.1) is 0 Å². The van der Waals surface area contributed by atoms with E-state index in [2.05, 4.69) is 6.07 Å². The smallest absolute Gasteiger partial charge is 0.264 e. The molecular formula is C22H24N2O3. The molecule has 0 bridgehead atoms. The lowest BCUT2D eigenvalue weighted by atomic mass is 10.0. The Kier molecular flexibility index (Phi) is 5.10. The van der Waals surface area contributed by atoms with E-state index >= 15 is 0 Å². The van der Waals surface area contributed by atoms with E-state index in [9.17, 15) is 9.59 Å². The molecule has 0 spiro atoms. The third-order valence-electron chi connectivity index (χ3n) is 5.27. The molecule has 5 nitrogen and oxygen atoms in total. The number of aryl methyl sites for hydroxylation is 1. The van der Waals surface area contributed by atoms with Gasteiger partial charge in [0.15, 0.2) is 6.61 Å². The highest BCUT2D eigenvalue weighted by molar-refractivity contribution is 5.96. The Hall–Kier alpha value is -2.82. The molecule has 27 heavy (non-hydrogen) atoms. The molecule has 0 N–H and O–H groups in total. The monoisotopic (exact) mass is 364 g/mol. The van der Waals surface area contributed by atoms with Crippen LogP contribution in [0.25, 0.3) is 0 Å². The van der Waals surface area contributed by atoms with E-state index in [4.69, 9.17) is 4.74 Å². The maximum absolute atomic E-state index is 12.6. The van der Waals surface area contributed by atoms with Crippen molar-refractivity contribution in [3.63, 3.8) is 0 Å². The summed E-state index contributed by atoms with van der Waals surface area (Å²) in [6, 6.07) is 15.1. The van der Waals surface area contributed by atoms with E-state index in [0.29, 0.717) is 11.3 Å². The summed E-state index contributed by atoms with van der Waals surface area (Å²) in [5, 5.41) is 0. The van der Waals surface area contributed by atoms with Crippen molar-refractivity contribution in [3.05, 3.63) is 59.7 Å². The van der Waals surface area contributed by atoms with Gasteiger partial charge in [0.1, 0.15) is 5.75 Å². The minimum absolute atomic E-state index is 0.00620. The number of likely N-dealkylation sites (tertiary alicyclic amines) is 1. The molecule has 5 heteroatoms. The average molecular weight is 364 g/mol. The van der Waals surface area contributed by atoms with Crippen molar-refractivity contribution in [1.29, 1.82) is 0 Å². The fraction of sp³-hybridized carbons (Fsp3) is 0.364. The predicted octanol–water partition coefficient (Wildman–Crippen LogP) is 3.28. The van der Waals surface area contributed by atoms with Gasteiger partial charge < -0.3 is 14.5 Å². The number of fused-ring (bicyclic) bond motifs is 1. The van der Waals surface area contributed by atoms with Gasteiger partial charge in [0.25, 0.3) is 11.8 Å². The van der Waals surface area contributed by atoms with E-state index in [0.717, 1.165) is 51.0 Å². The largest absolute Gasteiger partial charge is 0.484 e. The minimum Gasteiger partial charge on any atom is -0.484 e. The van der Waals surface area contributed by atoms with Crippen molar-refractivity contribution in [2.45, 2.75) is 25.7 Å². The zero-order valence-corrected chi connectivity index (χ0v) is 15.4. The molecular weight excluding hydrogens is 340 g/mol. The van der Waals surface area contributed by atoms with Crippen molar-refractivity contribution in [2.75, 3.05) is 31.1 Å². The maximum Gasteiger partial charge on any atom is 0.264 e. The third-order valence-corrected chi connectivity index (χ3v) is 5.27. The summed E-state index contributed by atoms with van der Waals surface area (Å²) in [6.45, 7) is 2.39. The number of hydrogen-bond acceptors (Lipinski definition) is 3.